The summed E-state index contributed by atoms with van der Waals surface area (Å²) >= 11 is 0. The van der Waals surface area contributed by atoms with E-state index in [0.29, 0.717) is 18.6 Å². The standard InChI is InChI=1S/C15H25NO/c1-5-6-7-8-14(17)15(16(3)4)11-9-13(2)10-12-15/h13H,7-12H2,1-4H3. The number of ketones is 1. The Kier molecular flexibility index (Phi) is 5.21. The largest absolute Gasteiger partial charge is 0.298 e. The van der Waals surface area contributed by atoms with E-state index in [-0.39, 0.29) is 5.54 Å². The molecule has 1 rings (SSSR count). The second-order valence-corrected chi connectivity index (χ2v) is 5.46. The van der Waals surface area contributed by atoms with E-state index in [0.717, 1.165) is 18.8 Å². The van der Waals surface area contributed by atoms with Crippen LogP contribution in [0.4, 0.5) is 0 Å². The van der Waals surface area contributed by atoms with Crippen LogP contribution in [0.15, 0.2) is 0 Å². The first-order valence-electron chi connectivity index (χ1n) is 6.63. The number of hydrogen-bond acceptors (Lipinski definition) is 2. The van der Waals surface area contributed by atoms with Crippen molar-refractivity contribution in [3.05, 3.63) is 0 Å². The molecule has 0 N–H and O–H groups in total. The van der Waals surface area contributed by atoms with E-state index >= 15 is 0 Å². The number of likely N-dealkylation sites (N-methyl/N-ethyl adjacent to an activating group) is 1. The molecule has 0 spiro atoms. The van der Waals surface area contributed by atoms with E-state index in [4.69, 9.17) is 0 Å². The van der Waals surface area contributed by atoms with Gasteiger partial charge in [-0.25, -0.2) is 0 Å². The quantitative estimate of drug-likeness (QED) is 0.698. The fourth-order valence-electron chi connectivity index (χ4n) is 2.75. The minimum absolute atomic E-state index is 0.206. The van der Waals surface area contributed by atoms with Crippen LogP contribution in [0.3, 0.4) is 0 Å². The third kappa shape index (κ3) is 3.33. The first kappa shape index (κ1) is 14.3. The molecule has 1 fully saturated rings. The van der Waals surface area contributed by atoms with Crippen molar-refractivity contribution in [2.45, 2.75) is 57.9 Å². The summed E-state index contributed by atoms with van der Waals surface area (Å²) in [5, 5.41) is 0. The molecule has 17 heavy (non-hydrogen) atoms. The van der Waals surface area contributed by atoms with Gasteiger partial charge in [0.1, 0.15) is 0 Å². The van der Waals surface area contributed by atoms with Crippen molar-refractivity contribution in [3.8, 4) is 11.8 Å². The van der Waals surface area contributed by atoms with Crippen LogP contribution in [0.25, 0.3) is 0 Å². The van der Waals surface area contributed by atoms with Gasteiger partial charge in [0.15, 0.2) is 5.78 Å². The summed E-state index contributed by atoms with van der Waals surface area (Å²) in [6, 6.07) is 0. The highest BCUT2D eigenvalue weighted by Gasteiger charge is 2.41. The number of rotatable bonds is 4. The van der Waals surface area contributed by atoms with Gasteiger partial charge in [-0.15, -0.1) is 11.8 Å². The Balaban J connectivity index is 2.70. The first-order valence-corrected chi connectivity index (χ1v) is 6.63. The third-order valence-corrected chi connectivity index (χ3v) is 4.13. The van der Waals surface area contributed by atoms with E-state index in [9.17, 15) is 4.79 Å². The predicted octanol–water partition coefficient (Wildman–Crippen LogP) is 2.87. The lowest BCUT2D eigenvalue weighted by Crippen LogP contribution is -2.53. The summed E-state index contributed by atoms with van der Waals surface area (Å²) in [5.74, 6) is 7.01. The molecular formula is C15H25NO. The van der Waals surface area contributed by atoms with Gasteiger partial charge in [0.05, 0.1) is 5.54 Å². The van der Waals surface area contributed by atoms with Crippen LogP contribution in [0.5, 0.6) is 0 Å². The summed E-state index contributed by atoms with van der Waals surface area (Å²) < 4.78 is 0. The molecule has 1 aliphatic rings. The SMILES string of the molecule is CC#CCCC(=O)C1(N(C)C)CCC(C)CC1. The summed E-state index contributed by atoms with van der Waals surface area (Å²) in [5.41, 5.74) is -0.206. The maximum atomic E-state index is 12.4. The Labute approximate surface area is 106 Å². The normalized spacial score (nSPS) is 28.6. The lowest BCUT2D eigenvalue weighted by molar-refractivity contribution is -0.132. The highest BCUT2D eigenvalue weighted by molar-refractivity contribution is 5.88. The maximum absolute atomic E-state index is 12.4. The molecule has 0 atom stereocenters. The van der Waals surface area contributed by atoms with E-state index in [1.54, 1.807) is 0 Å². The molecule has 0 bridgehead atoms. The van der Waals surface area contributed by atoms with Crippen LogP contribution in [0.2, 0.25) is 0 Å². The Morgan fingerprint density at radius 1 is 1.35 bits per heavy atom. The lowest BCUT2D eigenvalue weighted by Gasteiger charge is -2.43. The topological polar surface area (TPSA) is 20.3 Å². The lowest BCUT2D eigenvalue weighted by atomic mass is 9.73. The molecule has 0 radical (unpaired) electrons. The molecule has 0 unspecified atom stereocenters. The van der Waals surface area contributed by atoms with Crippen LogP contribution >= 0.6 is 0 Å². The number of Topliss-reactive ketones (excluding diaryl/α,β-unsaturated/α-hetero) is 1. The summed E-state index contributed by atoms with van der Waals surface area (Å²) in [6.07, 6.45) is 5.68. The Morgan fingerprint density at radius 2 is 1.94 bits per heavy atom. The van der Waals surface area contributed by atoms with E-state index < -0.39 is 0 Å². The smallest absolute Gasteiger partial charge is 0.154 e. The van der Waals surface area contributed by atoms with Gasteiger partial charge in [0.2, 0.25) is 0 Å². The molecule has 0 saturated heterocycles. The van der Waals surface area contributed by atoms with Crippen LogP contribution in [-0.4, -0.2) is 30.3 Å². The average Bonchev–Trinajstić information content (AvgIpc) is 2.30. The third-order valence-electron chi connectivity index (χ3n) is 4.13. The van der Waals surface area contributed by atoms with Crippen molar-refractivity contribution in [1.29, 1.82) is 0 Å². The zero-order valence-corrected chi connectivity index (χ0v) is 11.7. The van der Waals surface area contributed by atoms with Gasteiger partial charge < -0.3 is 0 Å². The first-order chi connectivity index (χ1) is 8.03. The molecular weight excluding hydrogens is 210 g/mol. The Bertz CT molecular complexity index is 314. The van der Waals surface area contributed by atoms with Gasteiger partial charge in [-0.1, -0.05) is 6.92 Å². The van der Waals surface area contributed by atoms with Gasteiger partial charge in [-0.05, 0) is 52.6 Å². The van der Waals surface area contributed by atoms with Gasteiger partial charge >= 0.3 is 0 Å². The Hall–Kier alpha value is -0.810. The zero-order valence-electron chi connectivity index (χ0n) is 11.7. The molecule has 0 aromatic carbocycles. The minimum atomic E-state index is -0.206. The second-order valence-electron chi connectivity index (χ2n) is 5.46. The minimum Gasteiger partial charge on any atom is -0.298 e. The van der Waals surface area contributed by atoms with Crippen LogP contribution in [-0.2, 0) is 4.79 Å². The van der Waals surface area contributed by atoms with Crippen molar-refractivity contribution >= 4 is 5.78 Å². The predicted molar refractivity (Wildman–Crippen MR) is 71.7 cm³/mol. The monoisotopic (exact) mass is 235 g/mol. The maximum Gasteiger partial charge on any atom is 0.154 e. The van der Waals surface area contributed by atoms with Crippen molar-refractivity contribution in [2.24, 2.45) is 5.92 Å². The van der Waals surface area contributed by atoms with Gasteiger partial charge in [0, 0.05) is 12.8 Å². The number of hydrogen-bond donors (Lipinski definition) is 0. The fraction of sp³-hybridized carbons (Fsp3) is 0.800. The van der Waals surface area contributed by atoms with Crippen LogP contribution < -0.4 is 0 Å². The van der Waals surface area contributed by atoms with Crippen molar-refractivity contribution in [2.75, 3.05) is 14.1 Å². The van der Waals surface area contributed by atoms with Crippen molar-refractivity contribution in [3.63, 3.8) is 0 Å². The molecule has 0 aromatic rings. The van der Waals surface area contributed by atoms with Gasteiger partial charge in [-0.2, -0.15) is 0 Å². The highest BCUT2D eigenvalue weighted by Crippen LogP contribution is 2.36. The molecule has 96 valence electrons. The second kappa shape index (κ2) is 6.21. The summed E-state index contributed by atoms with van der Waals surface area (Å²) in [7, 11) is 4.08. The molecule has 0 heterocycles. The zero-order chi connectivity index (χ0) is 12.9. The van der Waals surface area contributed by atoms with E-state index in [1.165, 1.54) is 12.8 Å². The molecule has 1 aliphatic carbocycles. The fourth-order valence-corrected chi connectivity index (χ4v) is 2.75. The molecule has 1 saturated carbocycles. The number of carbonyl (C=O) groups excluding carboxylic acids is 1. The van der Waals surface area contributed by atoms with Crippen molar-refractivity contribution in [1.82, 2.24) is 4.90 Å². The average molecular weight is 235 g/mol. The Morgan fingerprint density at radius 3 is 2.41 bits per heavy atom. The molecule has 0 amide bonds. The summed E-state index contributed by atoms with van der Waals surface area (Å²) in [4.78, 5) is 14.6. The van der Waals surface area contributed by atoms with Gasteiger partial charge in [-0.3, -0.25) is 9.69 Å². The molecule has 2 nitrogen and oxygen atoms in total. The van der Waals surface area contributed by atoms with E-state index in [2.05, 4.69) is 23.7 Å². The van der Waals surface area contributed by atoms with Crippen molar-refractivity contribution < 1.29 is 4.79 Å². The number of carbonyl (C=O) groups is 1. The molecule has 0 aromatic heterocycles. The van der Waals surface area contributed by atoms with Gasteiger partial charge in [0.25, 0.3) is 0 Å². The highest BCUT2D eigenvalue weighted by atomic mass is 16.1. The summed E-state index contributed by atoms with van der Waals surface area (Å²) in [6.45, 7) is 4.11. The molecule has 0 aliphatic heterocycles. The van der Waals surface area contributed by atoms with Crippen LogP contribution in [0, 0.1) is 17.8 Å². The number of nitrogens with zero attached hydrogens (tertiary/aromatic N) is 1. The molecule has 2 heteroatoms. The van der Waals surface area contributed by atoms with Crippen LogP contribution in [0.1, 0.15) is 52.4 Å². The van der Waals surface area contributed by atoms with E-state index in [1.807, 2.05) is 21.0 Å².